The van der Waals surface area contributed by atoms with Gasteiger partial charge < -0.3 is 5.32 Å². The topological polar surface area (TPSA) is 74.7 Å². The van der Waals surface area contributed by atoms with Gasteiger partial charge in [0.05, 0.1) is 22.8 Å². The zero-order valence-corrected chi connectivity index (χ0v) is 19.2. The molecule has 0 saturated carbocycles. The highest BCUT2D eigenvalue weighted by Crippen LogP contribution is 2.22. The molecule has 0 atom stereocenters. The lowest BCUT2D eigenvalue weighted by atomic mass is 10.1. The molecule has 0 saturated heterocycles. The number of nitrogens with zero attached hydrogens (tertiary/aromatic N) is 3. The highest BCUT2D eigenvalue weighted by molar-refractivity contribution is 7.91. The monoisotopic (exact) mass is 444 g/mol. The van der Waals surface area contributed by atoms with Gasteiger partial charge in [0, 0.05) is 37.3 Å². The number of hydrogen-bond donors (Lipinski definition) is 1. The average Bonchev–Trinajstić information content (AvgIpc) is 3.20. The first-order valence-electron chi connectivity index (χ1n) is 10.3. The van der Waals surface area contributed by atoms with E-state index >= 15 is 0 Å². The molecular formula is C23H29FN4O2S. The van der Waals surface area contributed by atoms with Gasteiger partial charge in [0.1, 0.15) is 5.82 Å². The molecule has 2 aromatic rings. The van der Waals surface area contributed by atoms with E-state index in [2.05, 4.69) is 34.0 Å². The van der Waals surface area contributed by atoms with Crippen LogP contribution in [0.2, 0.25) is 0 Å². The quantitative estimate of drug-likeness (QED) is 0.630. The molecule has 31 heavy (non-hydrogen) atoms. The molecule has 1 aromatic carbocycles. The van der Waals surface area contributed by atoms with Crippen LogP contribution in [0, 0.1) is 12.7 Å². The number of rotatable bonds is 9. The van der Waals surface area contributed by atoms with Crippen molar-refractivity contribution in [3.63, 3.8) is 0 Å². The SMILES string of the molecule is Cc1nc(S(=O)(=O)CC2=CCC=N2)ccc1NCc1c(F)cccc1CN(C)C(C)C. The normalized spacial score (nSPS) is 13.8. The first-order chi connectivity index (χ1) is 14.7. The fourth-order valence-corrected chi connectivity index (χ4v) is 4.54. The number of anilines is 1. The Morgan fingerprint density at radius 3 is 2.65 bits per heavy atom. The van der Waals surface area contributed by atoms with Gasteiger partial charge in [-0.1, -0.05) is 18.2 Å². The van der Waals surface area contributed by atoms with E-state index in [1.807, 2.05) is 13.1 Å². The van der Waals surface area contributed by atoms with Crippen LogP contribution in [-0.2, 0) is 22.9 Å². The molecule has 1 aliphatic rings. The van der Waals surface area contributed by atoms with Crippen molar-refractivity contribution in [2.45, 2.75) is 51.3 Å². The van der Waals surface area contributed by atoms with E-state index < -0.39 is 9.84 Å². The minimum atomic E-state index is -3.57. The van der Waals surface area contributed by atoms with Crippen molar-refractivity contribution in [2.24, 2.45) is 4.99 Å². The highest BCUT2D eigenvalue weighted by Gasteiger charge is 2.20. The van der Waals surface area contributed by atoms with Crippen molar-refractivity contribution < 1.29 is 12.8 Å². The maximum Gasteiger partial charge on any atom is 0.201 e. The van der Waals surface area contributed by atoms with Crippen LogP contribution in [0.15, 0.2) is 52.1 Å². The van der Waals surface area contributed by atoms with E-state index in [4.69, 9.17) is 0 Å². The third-order valence-corrected chi connectivity index (χ3v) is 6.95. The van der Waals surface area contributed by atoms with Gasteiger partial charge in [-0.15, -0.1) is 0 Å². The molecule has 0 unspecified atom stereocenters. The predicted octanol–water partition coefficient (Wildman–Crippen LogP) is 4.11. The molecule has 8 heteroatoms. The van der Waals surface area contributed by atoms with Gasteiger partial charge >= 0.3 is 0 Å². The largest absolute Gasteiger partial charge is 0.379 e. The molecule has 0 radical (unpaired) electrons. The number of allylic oxidation sites excluding steroid dienone is 1. The molecule has 1 N–H and O–H groups in total. The number of aromatic nitrogens is 1. The summed E-state index contributed by atoms with van der Waals surface area (Å²) in [4.78, 5) is 10.5. The predicted molar refractivity (Wildman–Crippen MR) is 123 cm³/mol. The molecule has 0 fully saturated rings. The van der Waals surface area contributed by atoms with Crippen molar-refractivity contribution in [1.29, 1.82) is 0 Å². The fourth-order valence-electron chi connectivity index (χ4n) is 3.26. The van der Waals surface area contributed by atoms with E-state index in [9.17, 15) is 12.8 Å². The van der Waals surface area contributed by atoms with Crippen LogP contribution in [-0.4, -0.2) is 43.4 Å². The number of aliphatic imine (C=N–C) groups is 1. The molecule has 0 aliphatic carbocycles. The molecule has 3 rings (SSSR count). The molecule has 1 aromatic heterocycles. The molecule has 166 valence electrons. The Kier molecular flexibility index (Phi) is 7.23. The lowest BCUT2D eigenvalue weighted by Gasteiger charge is -2.23. The third-order valence-electron chi connectivity index (χ3n) is 5.41. The number of nitrogens with one attached hydrogen (secondary N) is 1. The molecule has 2 heterocycles. The summed E-state index contributed by atoms with van der Waals surface area (Å²) in [7, 11) is -1.56. The standard InChI is InChI=1S/C23H29FN4O2S/c1-16(2)28(4)14-18-7-5-9-21(24)20(18)13-26-22-10-11-23(27-17(22)3)31(29,30)15-19-8-6-12-25-19/h5,7-12,16,26H,6,13-15H2,1-4H3. The number of sulfone groups is 1. The molecular weight excluding hydrogens is 415 g/mol. The van der Waals surface area contributed by atoms with Gasteiger partial charge in [-0.05, 0) is 51.6 Å². The minimum absolute atomic E-state index is 0.0173. The molecule has 0 spiro atoms. The van der Waals surface area contributed by atoms with E-state index in [1.165, 1.54) is 12.1 Å². The highest BCUT2D eigenvalue weighted by atomic mass is 32.2. The van der Waals surface area contributed by atoms with Crippen LogP contribution in [0.4, 0.5) is 10.1 Å². The second-order valence-corrected chi connectivity index (χ2v) is 9.96. The summed E-state index contributed by atoms with van der Waals surface area (Å²) in [6, 6.07) is 8.62. The van der Waals surface area contributed by atoms with Crippen molar-refractivity contribution in [1.82, 2.24) is 9.88 Å². The van der Waals surface area contributed by atoms with Gasteiger partial charge in [-0.3, -0.25) is 9.89 Å². The summed E-state index contributed by atoms with van der Waals surface area (Å²) < 4.78 is 39.8. The van der Waals surface area contributed by atoms with Gasteiger partial charge in [-0.2, -0.15) is 0 Å². The molecule has 1 aliphatic heterocycles. The van der Waals surface area contributed by atoms with E-state index in [0.717, 1.165) is 5.56 Å². The summed E-state index contributed by atoms with van der Waals surface area (Å²) in [5, 5.41) is 3.23. The fraction of sp³-hybridized carbons (Fsp3) is 0.391. The summed E-state index contributed by atoms with van der Waals surface area (Å²) in [5.74, 6) is -0.428. The Hall–Kier alpha value is -2.58. The van der Waals surface area contributed by atoms with E-state index in [0.29, 0.717) is 41.6 Å². The van der Waals surface area contributed by atoms with Crippen LogP contribution < -0.4 is 5.32 Å². The van der Waals surface area contributed by atoms with E-state index in [-0.39, 0.29) is 23.1 Å². The number of aryl methyl sites for hydroxylation is 1. The Bertz CT molecular complexity index is 1110. The van der Waals surface area contributed by atoms with Gasteiger partial charge in [0.2, 0.25) is 9.84 Å². The van der Waals surface area contributed by atoms with Gasteiger partial charge in [0.15, 0.2) is 5.03 Å². The Morgan fingerprint density at radius 2 is 2.00 bits per heavy atom. The second kappa shape index (κ2) is 9.70. The smallest absolute Gasteiger partial charge is 0.201 e. The lowest BCUT2D eigenvalue weighted by molar-refractivity contribution is 0.264. The summed E-state index contributed by atoms with van der Waals surface area (Å²) in [6.07, 6.45) is 4.14. The number of pyridine rings is 1. The number of benzene rings is 1. The van der Waals surface area contributed by atoms with Crippen LogP contribution in [0.5, 0.6) is 0 Å². The lowest BCUT2D eigenvalue weighted by Crippen LogP contribution is -2.26. The number of hydrogen-bond acceptors (Lipinski definition) is 6. The second-order valence-electron chi connectivity index (χ2n) is 8.02. The zero-order valence-electron chi connectivity index (χ0n) is 18.4. The first kappa shape index (κ1) is 23.1. The minimum Gasteiger partial charge on any atom is -0.379 e. The van der Waals surface area contributed by atoms with E-state index in [1.54, 1.807) is 31.3 Å². The Balaban J connectivity index is 1.75. The maximum absolute atomic E-state index is 14.5. The zero-order chi connectivity index (χ0) is 22.6. The van der Waals surface area contributed by atoms with Crippen LogP contribution in [0.25, 0.3) is 0 Å². The summed E-state index contributed by atoms with van der Waals surface area (Å²) in [5.41, 5.74) is 3.27. The maximum atomic E-state index is 14.5. The van der Waals surface area contributed by atoms with Crippen LogP contribution in [0.3, 0.4) is 0 Å². The molecule has 0 amide bonds. The Morgan fingerprint density at radius 1 is 1.23 bits per heavy atom. The third kappa shape index (κ3) is 5.77. The van der Waals surface area contributed by atoms with Gasteiger partial charge in [0.25, 0.3) is 0 Å². The van der Waals surface area contributed by atoms with Crippen molar-refractivity contribution >= 4 is 21.7 Å². The van der Waals surface area contributed by atoms with Crippen molar-refractivity contribution in [3.05, 3.63) is 64.7 Å². The van der Waals surface area contributed by atoms with Crippen molar-refractivity contribution in [2.75, 3.05) is 18.1 Å². The molecule has 6 nitrogen and oxygen atoms in total. The van der Waals surface area contributed by atoms with Crippen LogP contribution >= 0.6 is 0 Å². The van der Waals surface area contributed by atoms with Crippen LogP contribution in [0.1, 0.15) is 37.1 Å². The van der Waals surface area contributed by atoms with Crippen molar-refractivity contribution in [3.8, 4) is 0 Å². The van der Waals surface area contributed by atoms with Gasteiger partial charge in [-0.25, -0.2) is 17.8 Å². The first-order valence-corrected chi connectivity index (χ1v) is 11.9. The average molecular weight is 445 g/mol. The Labute approximate surface area is 183 Å². The summed E-state index contributed by atoms with van der Waals surface area (Å²) in [6.45, 7) is 6.85. The molecule has 0 bridgehead atoms. The summed E-state index contributed by atoms with van der Waals surface area (Å²) >= 11 is 0. The number of halogens is 1.